The predicted octanol–water partition coefficient (Wildman–Crippen LogP) is 23.8. The van der Waals surface area contributed by atoms with Gasteiger partial charge in [0, 0.05) is 114 Å². The Morgan fingerprint density at radius 3 is 0.821 bits per heavy atom. The first-order valence-electron chi connectivity index (χ1n) is 35.6. The third-order valence-corrected chi connectivity index (χ3v) is 20.5. The standard InChI is InChI=1S/C52H34N4.C44H28N6/c1-4-14-35(15-5-1)36-24-26-38(27-25-36)52-53-46(37-16-6-2-7-17-37)34-51(54-52)56-48-23-13-11-21-43(48)45-33-40(29-31-50(45)56)39-28-30-49-44(32-39)42-20-10-12-22-47(42)55(49)41-18-8-3-9-19-41;1-2-8-33(9-3-1)49-39-12-6-4-10-34(39)36-26-31(14-16-41(36)49)32-15-17-42-37(27-32)35-11-5-7-13-40(35)50(42)43-28-38(29-18-22-45-23-19-29)47-44(48-43)30-20-24-46-25-21-30/h1-34H;1-28H. The fourth-order valence-electron chi connectivity index (χ4n) is 15.5. The lowest BCUT2D eigenvalue weighted by Crippen LogP contribution is -2.02. The Labute approximate surface area is 610 Å². The molecule has 0 aliphatic heterocycles. The van der Waals surface area contributed by atoms with Crippen LogP contribution in [-0.4, -0.2) is 48.2 Å². The Morgan fingerprint density at radius 2 is 0.434 bits per heavy atom. The lowest BCUT2D eigenvalue weighted by molar-refractivity contribution is 1.05. The molecular formula is C96H62N10. The molecule has 0 aliphatic rings. The van der Waals surface area contributed by atoms with E-state index < -0.39 is 0 Å². The zero-order valence-electron chi connectivity index (χ0n) is 57.3. The highest BCUT2D eigenvalue weighted by atomic mass is 15.1. The highest BCUT2D eigenvalue weighted by molar-refractivity contribution is 6.15. The molecule has 0 saturated heterocycles. The van der Waals surface area contributed by atoms with Crippen molar-refractivity contribution in [2.24, 2.45) is 0 Å². The first kappa shape index (κ1) is 61.4. The Morgan fingerprint density at radius 1 is 0.170 bits per heavy atom. The lowest BCUT2D eigenvalue weighted by atomic mass is 10.0. The zero-order chi connectivity index (χ0) is 70.0. The summed E-state index contributed by atoms with van der Waals surface area (Å²) in [7, 11) is 0. The number of para-hydroxylation sites is 6. The third kappa shape index (κ3) is 10.7. The minimum absolute atomic E-state index is 0.641. The second-order valence-corrected chi connectivity index (χ2v) is 26.7. The molecule has 0 saturated carbocycles. The van der Waals surface area contributed by atoms with E-state index in [0.717, 1.165) is 89.8 Å². The van der Waals surface area contributed by atoms with Gasteiger partial charge in [0.25, 0.3) is 0 Å². The Hall–Kier alpha value is -14.5. The van der Waals surface area contributed by atoms with Crippen molar-refractivity contribution in [2.75, 3.05) is 0 Å². The average Bonchev–Trinajstić information content (AvgIpc) is 1.60. The molecule has 10 nitrogen and oxygen atoms in total. The molecule has 8 aromatic heterocycles. The quantitative estimate of drug-likeness (QED) is 0.128. The van der Waals surface area contributed by atoms with E-state index in [0.29, 0.717) is 11.6 Å². The zero-order valence-corrected chi connectivity index (χ0v) is 57.3. The normalized spacial score (nSPS) is 11.6. The van der Waals surface area contributed by atoms with Crippen LogP contribution in [0, 0.1) is 0 Å². The van der Waals surface area contributed by atoms with Gasteiger partial charge >= 0.3 is 0 Å². The van der Waals surface area contributed by atoms with Gasteiger partial charge in [0.1, 0.15) is 11.6 Å². The maximum absolute atomic E-state index is 5.29. The van der Waals surface area contributed by atoms with Crippen molar-refractivity contribution < 1.29 is 0 Å². The minimum Gasteiger partial charge on any atom is -0.309 e. The van der Waals surface area contributed by atoms with Crippen LogP contribution in [0.4, 0.5) is 0 Å². The van der Waals surface area contributed by atoms with Gasteiger partial charge in [0.15, 0.2) is 11.6 Å². The molecule has 0 aliphatic carbocycles. The monoisotopic (exact) mass is 1350 g/mol. The molecule has 106 heavy (non-hydrogen) atoms. The summed E-state index contributed by atoms with van der Waals surface area (Å²) in [4.78, 5) is 29.0. The summed E-state index contributed by atoms with van der Waals surface area (Å²) in [6.07, 6.45) is 7.14. The SMILES string of the molecule is c1ccc(-c2ccc(-c3nc(-c4ccccc4)cc(-n4c5ccccc5c5cc(-c6ccc7c(c6)c6ccccc6n7-c6ccccc6)ccc54)n3)cc2)cc1.c1ccc(-n2c3ccccc3c3cc(-c4ccc5c(c4)c4ccccc4n5-c4cc(-c5ccncc5)nc(-c5ccncc5)n4)ccc32)cc1. The number of nitrogens with zero attached hydrogens (tertiary/aromatic N) is 10. The van der Waals surface area contributed by atoms with Crippen molar-refractivity contribution in [1.82, 2.24) is 48.2 Å². The predicted molar refractivity (Wildman–Crippen MR) is 435 cm³/mol. The second-order valence-electron chi connectivity index (χ2n) is 26.7. The van der Waals surface area contributed by atoms with Gasteiger partial charge in [-0.15, -0.1) is 0 Å². The lowest BCUT2D eigenvalue weighted by Gasteiger charge is -2.12. The summed E-state index contributed by atoms with van der Waals surface area (Å²) in [5.74, 6) is 2.96. The highest BCUT2D eigenvalue weighted by Crippen LogP contribution is 2.42. The number of fused-ring (bicyclic) bond motifs is 12. The molecule has 13 aromatic carbocycles. The van der Waals surface area contributed by atoms with Crippen molar-refractivity contribution in [2.45, 2.75) is 0 Å². The molecule has 0 N–H and O–H groups in total. The van der Waals surface area contributed by atoms with Crippen LogP contribution in [0.15, 0.2) is 377 Å². The summed E-state index contributed by atoms with van der Waals surface area (Å²) >= 11 is 0. The number of hydrogen-bond donors (Lipinski definition) is 0. The molecule has 8 heterocycles. The summed E-state index contributed by atoms with van der Waals surface area (Å²) in [6.45, 7) is 0. The van der Waals surface area contributed by atoms with Crippen molar-refractivity contribution in [3.8, 4) is 102 Å². The Balaban J connectivity index is 0.000000141. The van der Waals surface area contributed by atoms with Crippen LogP contribution in [0.1, 0.15) is 0 Å². The number of rotatable bonds is 11. The van der Waals surface area contributed by atoms with Crippen LogP contribution < -0.4 is 0 Å². The van der Waals surface area contributed by atoms with E-state index >= 15 is 0 Å². The van der Waals surface area contributed by atoms with Crippen molar-refractivity contribution in [3.63, 3.8) is 0 Å². The smallest absolute Gasteiger partial charge is 0.162 e. The fraction of sp³-hybridized carbons (Fsp3) is 0. The summed E-state index contributed by atoms with van der Waals surface area (Å²) in [5.41, 5.74) is 24.1. The van der Waals surface area contributed by atoms with Gasteiger partial charge in [-0.25, -0.2) is 19.9 Å². The topological polar surface area (TPSA) is 97.1 Å². The van der Waals surface area contributed by atoms with Gasteiger partial charge < -0.3 is 9.13 Å². The average molecular weight is 1360 g/mol. The van der Waals surface area contributed by atoms with Crippen LogP contribution in [0.25, 0.3) is 189 Å². The molecule has 0 spiro atoms. The van der Waals surface area contributed by atoms with Gasteiger partial charge in [0.2, 0.25) is 0 Å². The van der Waals surface area contributed by atoms with E-state index in [1.807, 2.05) is 36.4 Å². The molecule has 496 valence electrons. The molecule has 21 rings (SSSR count). The van der Waals surface area contributed by atoms with Crippen LogP contribution in [0.3, 0.4) is 0 Å². The fourth-order valence-corrected chi connectivity index (χ4v) is 15.5. The van der Waals surface area contributed by atoms with E-state index in [1.165, 1.54) is 87.4 Å². The number of hydrogen-bond acceptors (Lipinski definition) is 6. The first-order chi connectivity index (χ1) is 52.6. The number of aromatic nitrogens is 10. The number of pyridine rings is 2. The molecule has 0 atom stereocenters. The second kappa shape index (κ2) is 25.8. The van der Waals surface area contributed by atoms with E-state index in [-0.39, 0.29) is 0 Å². The summed E-state index contributed by atoms with van der Waals surface area (Å²) in [5, 5.41) is 9.65. The maximum Gasteiger partial charge on any atom is 0.162 e. The van der Waals surface area contributed by atoms with Gasteiger partial charge in [0.05, 0.1) is 55.5 Å². The Bertz CT molecular complexity index is 6850. The van der Waals surface area contributed by atoms with Crippen LogP contribution in [0.2, 0.25) is 0 Å². The molecule has 21 aromatic rings. The van der Waals surface area contributed by atoms with Crippen LogP contribution in [-0.2, 0) is 0 Å². The van der Waals surface area contributed by atoms with Crippen LogP contribution in [0.5, 0.6) is 0 Å². The molecule has 0 unspecified atom stereocenters. The van der Waals surface area contributed by atoms with E-state index in [2.05, 4.69) is 344 Å². The van der Waals surface area contributed by atoms with Gasteiger partial charge in [-0.05, 0) is 155 Å². The Kier molecular flexibility index (Phi) is 15.0. The van der Waals surface area contributed by atoms with Gasteiger partial charge in [-0.2, -0.15) is 0 Å². The first-order valence-corrected chi connectivity index (χ1v) is 35.6. The van der Waals surface area contributed by atoms with Crippen molar-refractivity contribution in [1.29, 1.82) is 0 Å². The molecule has 0 bridgehead atoms. The molecule has 0 radical (unpaired) electrons. The molecular weight excluding hydrogens is 1290 g/mol. The molecule has 0 fully saturated rings. The van der Waals surface area contributed by atoms with Gasteiger partial charge in [-0.1, -0.05) is 218 Å². The van der Waals surface area contributed by atoms with Crippen LogP contribution >= 0.6 is 0 Å². The van der Waals surface area contributed by atoms with E-state index in [9.17, 15) is 0 Å². The van der Waals surface area contributed by atoms with E-state index in [4.69, 9.17) is 19.9 Å². The van der Waals surface area contributed by atoms with Crippen molar-refractivity contribution >= 4 is 87.2 Å². The largest absolute Gasteiger partial charge is 0.309 e. The van der Waals surface area contributed by atoms with Gasteiger partial charge in [-0.3, -0.25) is 19.1 Å². The molecule has 0 amide bonds. The minimum atomic E-state index is 0.641. The third-order valence-electron chi connectivity index (χ3n) is 20.5. The molecule has 10 heteroatoms. The summed E-state index contributed by atoms with van der Waals surface area (Å²) in [6, 6.07) is 125. The maximum atomic E-state index is 5.29. The number of benzene rings is 13. The van der Waals surface area contributed by atoms with E-state index in [1.54, 1.807) is 24.8 Å². The van der Waals surface area contributed by atoms with Crippen molar-refractivity contribution in [3.05, 3.63) is 377 Å². The highest BCUT2D eigenvalue weighted by Gasteiger charge is 2.22. The summed E-state index contributed by atoms with van der Waals surface area (Å²) < 4.78 is 9.26.